The molecule has 0 unspecified atom stereocenters. The molecule has 0 saturated carbocycles. The van der Waals surface area contributed by atoms with Crippen LogP contribution in [-0.2, 0) is 0 Å². The molecule has 0 fully saturated rings. The van der Waals surface area contributed by atoms with Crippen molar-refractivity contribution in [3.8, 4) is 44.5 Å². The Morgan fingerprint density at radius 3 is 1.61 bits per heavy atom. The molecule has 69 heavy (non-hydrogen) atoms. The maximum absolute atomic E-state index is 6.46. The Bertz CT molecular complexity index is 4310. The lowest BCUT2D eigenvalue weighted by molar-refractivity contribution is 0.669. The fourth-order valence-corrected chi connectivity index (χ4v) is 10.8. The minimum absolute atomic E-state index is 0.889. The summed E-state index contributed by atoms with van der Waals surface area (Å²) in [4.78, 5) is 2.41. The zero-order valence-electron chi connectivity index (χ0n) is 37.4. The van der Waals surface area contributed by atoms with Gasteiger partial charge in [0.25, 0.3) is 0 Å². The molecule has 14 rings (SSSR count). The average Bonchev–Trinajstić information content (AvgIpc) is 3.99. The Balaban J connectivity index is 0.890. The minimum atomic E-state index is 0.889. The third kappa shape index (κ3) is 6.43. The van der Waals surface area contributed by atoms with Crippen LogP contribution in [-0.4, -0.2) is 0 Å². The van der Waals surface area contributed by atoms with E-state index in [4.69, 9.17) is 8.83 Å². The summed E-state index contributed by atoms with van der Waals surface area (Å²) in [5.41, 5.74) is 16.0. The van der Waals surface area contributed by atoms with Crippen molar-refractivity contribution in [2.45, 2.75) is 0 Å². The van der Waals surface area contributed by atoms with Gasteiger partial charge in [0.1, 0.15) is 22.3 Å². The number of hydrogen-bond donors (Lipinski definition) is 0. The molecule has 3 nitrogen and oxygen atoms in total. The molecule has 0 amide bonds. The zero-order valence-corrected chi connectivity index (χ0v) is 37.4. The molecule has 0 bridgehead atoms. The molecule has 14 aromatic rings. The minimum Gasteiger partial charge on any atom is -0.456 e. The van der Waals surface area contributed by atoms with Gasteiger partial charge in [-0.05, 0) is 127 Å². The lowest BCUT2D eigenvalue weighted by Crippen LogP contribution is -2.10. The highest BCUT2D eigenvalue weighted by Crippen LogP contribution is 2.45. The molecule has 12 aromatic carbocycles. The van der Waals surface area contributed by atoms with E-state index in [0.717, 1.165) is 94.3 Å². The third-order valence-corrected chi connectivity index (χ3v) is 14.1. The molecule has 0 aliphatic carbocycles. The molecule has 2 heterocycles. The molecule has 0 saturated heterocycles. The Hall–Kier alpha value is -9.18. The number of rotatable bonds is 7. The van der Waals surface area contributed by atoms with Gasteiger partial charge in [-0.15, -0.1) is 0 Å². The normalized spacial score (nSPS) is 11.8. The molecule has 3 heteroatoms. The first-order valence-corrected chi connectivity index (χ1v) is 23.6. The van der Waals surface area contributed by atoms with Crippen LogP contribution in [0, 0.1) is 0 Å². The molecule has 2 aromatic heterocycles. The van der Waals surface area contributed by atoms with Gasteiger partial charge in [0, 0.05) is 43.9 Å². The Labute approximate surface area is 398 Å². The molecule has 0 aliphatic rings. The van der Waals surface area contributed by atoms with Gasteiger partial charge in [-0.2, -0.15) is 0 Å². The van der Waals surface area contributed by atoms with Crippen molar-refractivity contribution in [3.05, 3.63) is 249 Å². The van der Waals surface area contributed by atoms with Crippen LogP contribution in [0.5, 0.6) is 0 Å². The van der Waals surface area contributed by atoms with Gasteiger partial charge >= 0.3 is 0 Å². The van der Waals surface area contributed by atoms with Crippen LogP contribution in [0.1, 0.15) is 0 Å². The van der Waals surface area contributed by atoms with Crippen molar-refractivity contribution < 1.29 is 8.83 Å². The van der Waals surface area contributed by atoms with E-state index in [9.17, 15) is 0 Å². The van der Waals surface area contributed by atoms with E-state index < -0.39 is 0 Å². The molecule has 0 radical (unpaired) electrons. The van der Waals surface area contributed by atoms with E-state index in [0.29, 0.717) is 0 Å². The van der Waals surface area contributed by atoms with Gasteiger partial charge in [0.05, 0.1) is 5.69 Å². The van der Waals surface area contributed by atoms with Gasteiger partial charge in [0.2, 0.25) is 0 Å². The average molecular weight is 880 g/mol. The molecule has 0 N–H and O–H groups in total. The smallest absolute Gasteiger partial charge is 0.143 e. The van der Waals surface area contributed by atoms with Crippen LogP contribution in [0.2, 0.25) is 0 Å². The number of hydrogen-bond acceptors (Lipinski definition) is 3. The summed E-state index contributed by atoms with van der Waals surface area (Å²) in [6.45, 7) is 0. The van der Waals surface area contributed by atoms with Gasteiger partial charge in [-0.25, -0.2) is 0 Å². The van der Waals surface area contributed by atoms with Crippen molar-refractivity contribution in [1.29, 1.82) is 0 Å². The Kier molecular flexibility index (Phi) is 8.90. The first-order chi connectivity index (χ1) is 34.2. The number of para-hydroxylation sites is 3. The highest BCUT2D eigenvalue weighted by molar-refractivity contribution is 6.15. The number of fused-ring (bicyclic) bond motifs is 10. The van der Waals surface area contributed by atoms with Crippen LogP contribution >= 0.6 is 0 Å². The molecular formula is C66H41NO2. The molecule has 0 atom stereocenters. The summed E-state index contributed by atoms with van der Waals surface area (Å²) in [5.74, 6) is 0. The van der Waals surface area contributed by atoms with Crippen molar-refractivity contribution in [2.24, 2.45) is 0 Å². The fourth-order valence-electron chi connectivity index (χ4n) is 10.8. The second kappa shape index (κ2) is 15.7. The summed E-state index contributed by atoms with van der Waals surface area (Å²) < 4.78 is 12.9. The third-order valence-electron chi connectivity index (χ3n) is 14.1. The summed E-state index contributed by atoms with van der Waals surface area (Å²) in [5, 5.41) is 11.8. The lowest BCUT2D eigenvalue weighted by atomic mass is 9.89. The monoisotopic (exact) mass is 879 g/mol. The second-order valence-electron chi connectivity index (χ2n) is 18.0. The first-order valence-electron chi connectivity index (χ1n) is 23.6. The van der Waals surface area contributed by atoms with E-state index in [1.54, 1.807) is 0 Å². The lowest BCUT2D eigenvalue weighted by Gasteiger charge is -2.28. The Morgan fingerprint density at radius 2 is 0.826 bits per heavy atom. The van der Waals surface area contributed by atoms with Crippen LogP contribution in [0.25, 0.3) is 121 Å². The van der Waals surface area contributed by atoms with Gasteiger partial charge < -0.3 is 13.7 Å². The van der Waals surface area contributed by atoms with E-state index in [1.807, 2.05) is 24.3 Å². The maximum atomic E-state index is 6.46. The maximum Gasteiger partial charge on any atom is 0.143 e. The van der Waals surface area contributed by atoms with E-state index in [-0.39, 0.29) is 0 Å². The highest BCUT2D eigenvalue weighted by Gasteiger charge is 2.20. The summed E-state index contributed by atoms with van der Waals surface area (Å²) in [7, 11) is 0. The fraction of sp³-hybridized carbons (Fsp3) is 0. The Morgan fingerprint density at radius 1 is 0.261 bits per heavy atom. The zero-order chi connectivity index (χ0) is 45.4. The van der Waals surface area contributed by atoms with E-state index in [2.05, 4.69) is 229 Å². The molecule has 0 spiro atoms. The topological polar surface area (TPSA) is 29.5 Å². The number of benzene rings is 12. The van der Waals surface area contributed by atoms with Crippen molar-refractivity contribution in [2.75, 3.05) is 4.90 Å². The van der Waals surface area contributed by atoms with Crippen molar-refractivity contribution in [3.63, 3.8) is 0 Å². The SMILES string of the molecule is c1cc(-c2ccc(N(c3ccc(-c4ccc5ccccc5c4-c4ccc5c(c4)oc4ccccc45)cc3)c3cc4ccccc4c4ccccc34)cc2)cc(-c2cccc3c2oc2ccccc23)c1. The molecule has 0 aliphatic heterocycles. The quantitative estimate of drug-likeness (QED) is 0.149. The van der Waals surface area contributed by atoms with Crippen molar-refractivity contribution >= 4 is 93.3 Å². The predicted molar refractivity (Wildman–Crippen MR) is 290 cm³/mol. The standard InChI is InChI=1S/C66H41NO2/c1-4-18-52-43(13-1)31-37-53(65(52)48-32-38-59-57-21-7-9-25-62(57)68-64(59)41-48)44-29-35-50(36-30-44)67(61-40-47-14-2-3-17-51(47)55-19-5-6-20-56(55)61)49-33-27-42(28-34-49)45-15-11-16-46(39-45)54-23-12-24-60-58-22-8-10-26-63(58)69-66(54)60/h1-41H. The van der Waals surface area contributed by atoms with Crippen LogP contribution in [0.15, 0.2) is 258 Å². The van der Waals surface area contributed by atoms with Crippen LogP contribution in [0.4, 0.5) is 17.1 Å². The number of furan rings is 2. The number of nitrogens with zero attached hydrogens (tertiary/aromatic N) is 1. The molecule has 322 valence electrons. The predicted octanol–water partition coefficient (Wildman–Crippen LogP) is 19.1. The van der Waals surface area contributed by atoms with Crippen LogP contribution in [0.3, 0.4) is 0 Å². The van der Waals surface area contributed by atoms with E-state index in [1.165, 1.54) is 43.4 Å². The van der Waals surface area contributed by atoms with Gasteiger partial charge in [-0.1, -0.05) is 188 Å². The summed E-state index contributed by atoms with van der Waals surface area (Å²) >= 11 is 0. The summed E-state index contributed by atoms with van der Waals surface area (Å²) in [6, 6.07) is 89.6. The van der Waals surface area contributed by atoms with Crippen molar-refractivity contribution in [1.82, 2.24) is 0 Å². The first kappa shape index (κ1) is 39.0. The largest absolute Gasteiger partial charge is 0.456 e. The van der Waals surface area contributed by atoms with Gasteiger partial charge in [-0.3, -0.25) is 0 Å². The number of anilines is 3. The van der Waals surface area contributed by atoms with E-state index >= 15 is 0 Å². The van der Waals surface area contributed by atoms with Crippen LogP contribution < -0.4 is 4.90 Å². The van der Waals surface area contributed by atoms with Gasteiger partial charge in [0.15, 0.2) is 0 Å². The molecular weight excluding hydrogens is 839 g/mol. The summed E-state index contributed by atoms with van der Waals surface area (Å²) in [6.07, 6.45) is 0. The second-order valence-corrected chi connectivity index (χ2v) is 18.0. The highest BCUT2D eigenvalue weighted by atomic mass is 16.3.